The predicted octanol–water partition coefficient (Wildman–Crippen LogP) is 1.06. The fourth-order valence-electron chi connectivity index (χ4n) is 0.398. The molecule has 0 amide bonds. The first-order chi connectivity index (χ1) is 4.56. The van der Waals surface area contributed by atoms with Gasteiger partial charge in [-0.3, -0.25) is 4.55 Å². The van der Waals surface area contributed by atoms with Gasteiger partial charge in [-0.1, -0.05) is 12.2 Å². The monoisotopic (exact) mass is 184 g/mol. The summed E-state index contributed by atoms with van der Waals surface area (Å²) in [7, 11) is -3.80. The molecule has 0 radical (unpaired) electrons. The molecule has 0 aliphatic rings. The Morgan fingerprint density at radius 1 is 1.40 bits per heavy atom. The Hall–Kier alpha value is -0.0600. The molecule has 3 nitrogen and oxygen atoms in total. The minimum absolute atomic E-state index is 0.236. The van der Waals surface area contributed by atoms with Crippen molar-refractivity contribution in [3.63, 3.8) is 0 Å². The van der Waals surface area contributed by atoms with E-state index in [4.69, 9.17) is 16.2 Å². The quantitative estimate of drug-likeness (QED) is 0.404. The van der Waals surface area contributed by atoms with Gasteiger partial charge in [-0.05, 0) is 6.42 Å². The smallest absolute Gasteiger partial charge is 0.265 e. The van der Waals surface area contributed by atoms with Crippen molar-refractivity contribution in [2.45, 2.75) is 6.42 Å². The zero-order valence-corrected chi connectivity index (χ0v) is 6.90. The van der Waals surface area contributed by atoms with Crippen LogP contribution in [0.4, 0.5) is 0 Å². The third-order valence-electron chi connectivity index (χ3n) is 0.798. The molecule has 0 saturated carbocycles. The molecule has 0 saturated heterocycles. The van der Waals surface area contributed by atoms with Gasteiger partial charge in [0, 0.05) is 5.88 Å². The molecular weight excluding hydrogens is 176 g/mol. The van der Waals surface area contributed by atoms with Crippen molar-refractivity contribution in [2.24, 2.45) is 0 Å². The number of hydrogen-bond donors (Lipinski definition) is 1. The lowest BCUT2D eigenvalue weighted by molar-refractivity contribution is 0.483. The van der Waals surface area contributed by atoms with E-state index in [0.29, 0.717) is 12.3 Å². The van der Waals surface area contributed by atoms with E-state index in [0.717, 1.165) is 0 Å². The Kier molecular flexibility index (Phi) is 4.68. The summed E-state index contributed by atoms with van der Waals surface area (Å²) in [5.74, 6) is 0.131. The molecule has 10 heavy (non-hydrogen) atoms. The molecule has 0 aromatic rings. The average molecular weight is 185 g/mol. The predicted molar refractivity (Wildman–Crippen MR) is 40.9 cm³/mol. The second-order valence-corrected chi connectivity index (χ2v) is 3.58. The molecule has 60 valence electrons. The Morgan fingerprint density at radius 3 is 2.40 bits per heavy atom. The van der Waals surface area contributed by atoms with Gasteiger partial charge in [0.1, 0.15) is 0 Å². The van der Waals surface area contributed by atoms with Crippen LogP contribution in [-0.2, 0) is 10.1 Å². The fraction of sp³-hybridized carbons (Fsp3) is 0.600. The summed E-state index contributed by atoms with van der Waals surface area (Å²) in [5, 5.41) is 0. The summed E-state index contributed by atoms with van der Waals surface area (Å²) in [6.07, 6.45) is 3.55. The summed E-state index contributed by atoms with van der Waals surface area (Å²) in [6.45, 7) is 0. The lowest BCUT2D eigenvalue weighted by Gasteiger charge is -1.88. The van der Waals surface area contributed by atoms with Crippen molar-refractivity contribution in [1.82, 2.24) is 0 Å². The molecule has 0 spiro atoms. The molecule has 1 N–H and O–H groups in total. The van der Waals surface area contributed by atoms with Crippen molar-refractivity contribution < 1.29 is 13.0 Å². The number of hydrogen-bond acceptors (Lipinski definition) is 2. The van der Waals surface area contributed by atoms with Crippen molar-refractivity contribution in [1.29, 1.82) is 0 Å². The maximum absolute atomic E-state index is 10.1. The highest BCUT2D eigenvalue weighted by Gasteiger charge is 1.99. The van der Waals surface area contributed by atoms with Gasteiger partial charge in [-0.2, -0.15) is 8.42 Å². The summed E-state index contributed by atoms with van der Waals surface area (Å²) in [5.41, 5.74) is 0. The van der Waals surface area contributed by atoms with Crippen LogP contribution in [0.1, 0.15) is 6.42 Å². The van der Waals surface area contributed by atoms with E-state index in [9.17, 15) is 8.42 Å². The lowest BCUT2D eigenvalue weighted by atomic mass is 10.4. The molecular formula is C5H9ClO3S. The molecule has 0 bridgehead atoms. The van der Waals surface area contributed by atoms with E-state index in [1.807, 2.05) is 0 Å². The van der Waals surface area contributed by atoms with E-state index in [-0.39, 0.29) is 5.75 Å². The van der Waals surface area contributed by atoms with Crippen LogP contribution in [0.2, 0.25) is 0 Å². The molecule has 0 heterocycles. The third-order valence-corrected chi connectivity index (χ3v) is 1.73. The second-order valence-electron chi connectivity index (χ2n) is 1.70. The highest BCUT2D eigenvalue weighted by molar-refractivity contribution is 7.85. The van der Waals surface area contributed by atoms with Crippen LogP contribution in [0.25, 0.3) is 0 Å². The summed E-state index contributed by atoms with van der Waals surface area (Å²) in [6, 6.07) is 0. The number of alkyl halides is 1. The van der Waals surface area contributed by atoms with Crippen molar-refractivity contribution in [3.05, 3.63) is 12.2 Å². The van der Waals surface area contributed by atoms with E-state index >= 15 is 0 Å². The van der Waals surface area contributed by atoms with Gasteiger partial charge in [0.2, 0.25) is 0 Å². The van der Waals surface area contributed by atoms with Gasteiger partial charge in [-0.15, -0.1) is 11.6 Å². The number of halogens is 1. The molecule has 0 aromatic heterocycles. The first-order valence-corrected chi connectivity index (χ1v) is 4.87. The summed E-state index contributed by atoms with van der Waals surface area (Å²) >= 11 is 5.25. The van der Waals surface area contributed by atoms with E-state index < -0.39 is 10.1 Å². The fourth-order valence-corrected chi connectivity index (χ4v) is 0.958. The first-order valence-electron chi connectivity index (χ1n) is 2.72. The molecule has 0 aliphatic heterocycles. The largest absolute Gasteiger partial charge is 0.286 e. The van der Waals surface area contributed by atoms with E-state index in [1.165, 1.54) is 0 Å². The minimum Gasteiger partial charge on any atom is -0.286 e. The Morgan fingerprint density at radius 2 is 2.00 bits per heavy atom. The normalized spacial score (nSPS) is 12.6. The Labute approximate surface area is 65.4 Å². The maximum atomic E-state index is 10.1. The minimum atomic E-state index is -3.80. The number of allylic oxidation sites excluding steroid dienone is 2. The molecule has 0 atom stereocenters. The molecule has 0 aromatic carbocycles. The van der Waals surface area contributed by atoms with Crippen LogP contribution < -0.4 is 0 Å². The van der Waals surface area contributed by atoms with Gasteiger partial charge in [0.15, 0.2) is 0 Å². The lowest BCUT2D eigenvalue weighted by Crippen LogP contribution is -2.01. The van der Waals surface area contributed by atoms with Crippen LogP contribution in [0.3, 0.4) is 0 Å². The molecule has 0 unspecified atom stereocenters. The Bertz CT molecular complexity index is 195. The summed E-state index contributed by atoms with van der Waals surface area (Å²) < 4.78 is 28.4. The molecule has 5 heteroatoms. The van der Waals surface area contributed by atoms with Gasteiger partial charge in [0.05, 0.1) is 5.75 Å². The van der Waals surface area contributed by atoms with Crippen molar-refractivity contribution in [2.75, 3.05) is 11.6 Å². The van der Waals surface area contributed by atoms with Gasteiger partial charge in [0.25, 0.3) is 10.1 Å². The van der Waals surface area contributed by atoms with E-state index in [1.54, 1.807) is 12.2 Å². The van der Waals surface area contributed by atoms with E-state index in [2.05, 4.69) is 0 Å². The highest BCUT2D eigenvalue weighted by atomic mass is 35.5. The first kappa shape index (κ1) is 9.94. The molecule has 0 aliphatic carbocycles. The zero-order valence-electron chi connectivity index (χ0n) is 5.33. The molecule has 0 fully saturated rings. The van der Waals surface area contributed by atoms with Crippen LogP contribution in [0.15, 0.2) is 12.2 Å². The van der Waals surface area contributed by atoms with Crippen LogP contribution in [-0.4, -0.2) is 24.6 Å². The second kappa shape index (κ2) is 4.71. The van der Waals surface area contributed by atoms with Crippen molar-refractivity contribution in [3.8, 4) is 0 Å². The standard InChI is InChI=1S/C5H9ClO3S/c6-4-2-1-3-5-10(7,8)9/h1-2H,3-5H2,(H,7,8,9)/b2-1+. The maximum Gasteiger partial charge on any atom is 0.265 e. The van der Waals surface area contributed by atoms with Gasteiger partial charge < -0.3 is 0 Å². The Balaban J connectivity index is 3.48. The number of rotatable bonds is 4. The average Bonchev–Trinajstić information content (AvgIpc) is 1.78. The summed E-state index contributed by atoms with van der Waals surface area (Å²) in [4.78, 5) is 0. The topological polar surface area (TPSA) is 54.4 Å². The van der Waals surface area contributed by atoms with Gasteiger partial charge in [-0.25, -0.2) is 0 Å². The van der Waals surface area contributed by atoms with Crippen LogP contribution >= 0.6 is 11.6 Å². The van der Waals surface area contributed by atoms with Gasteiger partial charge >= 0.3 is 0 Å². The highest BCUT2D eigenvalue weighted by Crippen LogP contribution is 1.90. The zero-order chi connectivity index (χ0) is 8.04. The molecule has 0 rings (SSSR count). The SMILES string of the molecule is O=S(=O)(O)CC/C=C/CCl. The van der Waals surface area contributed by atoms with Crippen molar-refractivity contribution >= 4 is 21.7 Å². The van der Waals surface area contributed by atoms with Crippen LogP contribution in [0, 0.1) is 0 Å². The van der Waals surface area contributed by atoms with Crippen LogP contribution in [0.5, 0.6) is 0 Å². The third kappa shape index (κ3) is 7.94.